The number of aryl methyl sites for hydroxylation is 2. The Kier molecular flexibility index (Phi) is 4.53. The molecule has 160 valence electrons. The summed E-state index contributed by atoms with van der Waals surface area (Å²) in [6.07, 6.45) is 1.000. The molecule has 0 bridgehead atoms. The van der Waals surface area contributed by atoms with Crippen molar-refractivity contribution in [1.82, 2.24) is 0 Å². The Morgan fingerprint density at radius 1 is 0.938 bits per heavy atom. The van der Waals surface area contributed by atoms with Crippen LogP contribution in [-0.4, -0.2) is 0 Å². The maximum Gasteiger partial charge on any atom is 0.256 e. The van der Waals surface area contributed by atoms with E-state index in [1.54, 1.807) is 0 Å². The van der Waals surface area contributed by atoms with Crippen LogP contribution in [0.4, 0.5) is 0 Å². The zero-order valence-electron chi connectivity index (χ0n) is 19.8. The van der Waals surface area contributed by atoms with Crippen molar-refractivity contribution in [2.45, 2.75) is 47.6 Å². The SMILES string of the molecule is [C-]#[N+]Cc1ccc2c(c1)cc1c([n+]2C)-c2c(C)c(C)cc3cc(CC(C)(C)C)cc(c23)O1. The molecule has 0 N–H and O–H groups in total. The van der Waals surface area contributed by atoms with Gasteiger partial charge in [-0.25, -0.2) is 6.57 Å². The highest BCUT2D eigenvalue weighted by Gasteiger charge is 2.32. The maximum absolute atomic E-state index is 7.21. The monoisotopic (exact) mass is 421 g/mol. The number of nitrogens with zero attached hydrogens (tertiary/aromatic N) is 2. The third-order valence-corrected chi connectivity index (χ3v) is 6.54. The second-order valence-corrected chi connectivity index (χ2v) is 10.4. The van der Waals surface area contributed by atoms with Gasteiger partial charge in [0.15, 0.2) is 5.75 Å². The number of hydrogen-bond donors (Lipinski definition) is 0. The van der Waals surface area contributed by atoms with Gasteiger partial charge in [-0.2, -0.15) is 4.57 Å². The van der Waals surface area contributed by atoms with Crippen LogP contribution in [0.15, 0.2) is 42.5 Å². The van der Waals surface area contributed by atoms with Crippen molar-refractivity contribution in [2.75, 3.05) is 0 Å². The van der Waals surface area contributed by atoms with Crippen LogP contribution in [0.1, 0.15) is 43.0 Å². The molecule has 2 heterocycles. The summed E-state index contributed by atoms with van der Waals surface area (Å²) in [6.45, 7) is 18.9. The zero-order chi connectivity index (χ0) is 22.8. The Labute approximate surface area is 190 Å². The molecule has 4 aromatic rings. The zero-order valence-corrected chi connectivity index (χ0v) is 19.8. The smallest absolute Gasteiger partial charge is 0.256 e. The summed E-state index contributed by atoms with van der Waals surface area (Å²) < 4.78 is 8.86. The lowest BCUT2D eigenvalue weighted by Crippen LogP contribution is -2.33. The molecule has 1 aromatic heterocycles. The molecule has 32 heavy (non-hydrogen) atoms. The summed E-state index contributed by atoms with van der Waals surface area (Å²) in [7, 11) is 2.12. The minimum Gasteiger partial charge on any atom is -0.450 e. The van der Waals surface area contributed by atoms with Crippen LogP contribution in [0.3, 0.4) is 0 Å². The van der Waals surface area contributed by atoms with Crippen LogP contribution in [0.25, 0.3) is 37.8 Å². The van der Waals surface area contributed by atoms with Crippen LogP contribution in [0.5, 0.6) is 11.5 Å². The van der Waals surface area contributed by atoms with E-state index in [1.807, 2.05) is 0 Å². The molecule has 1 aliphatic heterocycles. The molecule has 3 heteroatoms. The van der Waals surface area contributed by atoms with Crippen molar-refractivity contribution >= 4 is 21.7 Å². The number of benzene rings is 3. The molecule has 5 rings (SSSR count). The molecule has 0 radical (unpaired) electrons. The summed E-state index contributed by atoms with van der Waals surface area (Å²) in [6, 6.07) is 15.3. The Balaban J connectivity index is 1.83. The van der Waals surface area contributed by atoms with Gasteiger partial charge in [0.05, 0.1) is 10.9 Å². The van der Waals surface area contributed by atoms with E-state index < -0.39 is 0 Å². The van der Waals surface area contributed by atoms with Gasteiger partial charge in [-0.1, -0.05) is 32.9 Å². The quantitative estimate of drug-likeness (QED) is 0.217. The molecular formula is C29H29N2O+. The lowest BCUT2D eigenvalue weighted by molar-refractivity contribution is -0.633. The Hall–Kier alpha value is -3.38. The molecule has 0 atom stereocenters. The van der Waals surface area contributed by atoms with Crippen LogP contribution in [-0.2, 0) is 20.0 Å². The lowest BCUT2D eigenvalue weighted by atomic mass is 9.85. The fourth-order valence-electron chi connectivity index (χ4n) is 5.09. The van der Waals surface area contributed by atoms with Crippen molar-refractivity contribution in [2.24, 2.45) is 12.5 Å². The van der Waals surface area contributed by atoms with E-state index in [4.69, 9.17) is 11.3 Å². The van der Waals surface area contributed by atoms with Gasteiger partial charge >= 0.3 is 0 Å². The predicted molar refractivity (Wildman–Crippen MR) is 131 cm³/mol. The topological polar surface area (TPSA) is 17.5 Å². The highest BCUT2D eigenvalue weighted by molar-refractivity contribution is 6.05. The molecule has 0 aliphatic carbocycles. The predicted octanol–water partition coefficient (Wildman–Crippen LogP) is 7.21. The van der Waals surface area contributed by atoms with E-state index in [-0.39, 0.29) is 5.41 Å². The number of ether oxygens (including phenoxy) is 1. The first-order valence-corrected chi connectivity index (χ1v) is 11.2. The van der Waals surface area contributed by atoms with Gasteiger partial charge in [-0.05, 0) is 66.0 Å². The van der Waals surface area contributed by atoms with Gasteiger partial charge in [0.2, 0.25) is 12.1 Å². The number of aromatic nitrogens is 1. The number of pyridine rings is 1. The van der Waals surface area contributed by atoms with Crippen molar-refractivity contribution in [3.8, 4) is 22.8 Å². The van der Waals surface area contributed by atoms with E-state index in [1.165, 1.54) is 33.0 Å². The average Bonchev–Trinajstić information content (AvgIpc) is 2.70. The van der Waals surface area contributed by atoms with Crippen molar-refractivity contribution in [3.05, 3.63) is 76.1 Å². The summed E-state index contributed by atoms with van der Waals surface area (Å²) in [5.41, 5.74) is 8.68. The lowest BCUT2D eigenvalue weighted by Gasteiger charge is -2.24. The van der Waals surface area contributed by atoms with Crippen molar-refractivity contribution in [3.63, 3.8) is 0 Å². The first-order chi connectivity index (χ1) is 15.2. The maximum atomic E-state index is 7.21. The molecule has 0 fully saturated rings. The minimum atomic E-state index is 0.206. The first-order valence-electron chi connectivity index (χ1n) is 11.2. The van der Waals surface area contributed by atoms with Crippen LogP contribution < -0.4 is 9.30 Å². The van der Waals surface area contributed by atoms with E-state index in [0.717, 1.165) is 40.1 Å². The third kappa shape index (κ3) is 3.22. The molecule has 0 amide bonds. The third-order valence-electron chi connectivity index (χ3n) is 6.54. The second kappa shape index (κ2) is 7.07. The minimum absolute atomic E-state index is 0.206. The molecular weight excluding hydrogens is 392 g/mol. The first kappa shape index (κ1) is 20.5. The molecule has 0 saturated carbocycles. The number of hydrogen-bond acceptors (Lipinski definition) is 1. The molecule has 0 saturated heterocycles. The summed E-state index contributed by atoms with van der Waals surface area (Å²) in [5, 5.41) is 3.55. The Bertz CT molecular complexity index is 1470. The average molecular weight is 422 g/mol. The number of fused-ring (bicyclic) bond motifs is 3. The summed E-state index contributed by atoms with van der Waals surface area (Å²) >= 11 is 0. The van der Waals surface area contributed by atoms with Crippen molar-refractivity contribution < 1.29 is 9.30 Å². The molecule has 3 aromatic carbocycles. The van der Waals surface area contributed by atoms with Crippen LogP contribution in [0, 0.1) is 25.8 Å². The summed E-state index contributed by atoms with van der Waals surface area (Å²) in [5.74, 6) is 1.83. The van der Waals surface area contributed by atoms with Crippen molar-refractivity contribution in [1.29, 1.82) is 0 Å². The van der Waals surface area contributed by atoms with Crippen LogP contribution >= 0.6 is 0 Å². The van der Waals surface area contributed by atoms with Gasteiger partial charge in [-0.3, -0.25) is 0 Å². The normalized spacial score (nSPS) is 12.5. The van der Waals surface area contributed by atoms with Gasteiger partial charge in [0, 0.05) is 23.1 Å². The van der Waals surface area contributed by atoms with Gasteiger partial charge < -0.3 is 9.58 Å². The molecule has 0 spiro atoms. The van der Waals surface area contributed by atoms with E-state index in [9.17, 15) is 0 Å². The highest BCUT2D eigenvalue weighted by atomic mass is 16.5. The van der Waals surface area contributed by atoms with Crippen LogP contribution in [0.2, 0.25) is 0 Å². The standard InChI is InChI=1S/C29H29N2O/c1-17-10-22-12-20(15-29(3,4)5)13-24-27(22)26(18(17)2)28-25(32-24)14-21-11-19(16-30-6)8-9-23(21)31(28)7/h8-14H,15-16H2,1-5,7H3/q+1. The van der Waals surface area contributed by atoms with Gasteiger partial charge in [0.1, 0.15) is 12.8 Å². The molecule has 1 aliphatic rings. The Morgan fingerprint density at radius 2 is 1.69 bits per heavy atom. The Morgan fingerprint density at radius 3 is 2.41 bits per heavy atom. The van der Waals surface area contributed by atoms with E-state index >= 15 is 0 Å². The molecule has 0 unspecified atom stereocenters. The summed E-state index contributed by atoms with van der Waals surface area (Å²) in [4.78, 5) is 3.55. The fourth-order valence-corrected chi connectivity index (χ4v) is 5.09. The van der Waals surface area contributed by atoms with Gasteiger partial charge in [-0.15, -0.1) is 0 Å². The highest BCUT2D eigenvalue weighted by Crippen LogP contribution is 2.48. The fraction of sp³-hybridized carbons (Fsp3) is 0.310. The second-order valence-electron chi connectivity index (χ2n) is 10.4. The van der Waals surface area contributed by atoms with E-state index in [2.05, 4.69) is 93.5 Å². The van der Waals surface area contributed by atoms with E-state index in [0.29, 0.717) is 6.54 Å². The largest absolute Gasteiger partial charge is 0.450 e. The molecule has 3 nitrogen and oxygen atoms in total. The number of rotatable bonds is 2. The van der Waals surface area contributed by atoms with Gasteiger partial charge in [0.25, 0.3) is 5.69 Å².